The lowest BCUT2D eigenvalue weighted by Crippen LogP contribution is -2.54. The van der Waals surface area contributed by atoms with Gasteiger partial charge in [0.05, 0.1) is 18.2 Å². The van der Waals surface area contributed by atoms with Crippen LogP contribution in [0.15, 0.2) is 34.9 Å². The van der Waals surface area contributed by atoms with Crippen LogP contribution in [0.2, 0.25) is 0 Å². The van der Waals surface area contributed by atoms with E-state index < -0.39 is 23.6 Å². The van der Waals surface area contributed by atoms with Gasteiger partial charge in [-0.15, -0.1) is 0 Å². The van der Waals surface area contributed by atoms with E-state index in [-0.39, 0.29) is 39.6 Å². The molecule has 4 aliphatic carbocycles. The molecule has 0 spiro atoms. The van der Waals surface area contributed by atoms with Gasteiger partial charge in [-0.1, -0.05) is 59.8 Å². The third-order valence-corrected chi connectivity index (χ3v) is 11.2. The minimum Gasteiger partial charge on any atom is -0.545 e. The number of aliphatic carboxylic acids is 1. The first-order valence-corrected chi connectivity index (χ1v) is 13.3. The molecule has 2 saturated carbocycles. The monoisotopic (exact) mass is 483 g/mol. The number of fused-ring (bicyclic) bond motifs is 5. The number of carbonyl (C=O) groups excluding carboxylic acids is 2. The van der Waals surface area contributed by atoms with Crippen molar-refractivity contribution in [1.29, 1.82) is 0 Å². The highest BCUT2D eigenvalue weighted by molar-refractivity contribution is 5.86. The quantitative estimate of drug-likeness (QED) is 0.573. The molecule has 0 aromatic carbocycles. The number of allylic oxidation sites excluding steroid dienone is 3. The van der Waals surface area contributed by atoms with Gasteiger partial charge in [-0.25, -0.2) is 0 Å². The first-order valence-electron chi connectivity index (χ1n) is 13.3. The minimum atomic E-state index is -1.26. The molecule has 5 nitrogen and oxygen atoms in total. The first-order chi connectivity index (χ1) is 16.1. The number of carbonyl (C=O) groups is 2. The SMILES string of the molecule is C/C(=C\[C@@H](O)C[C@@H](C)[C@H]1C[C@H](O)[C@@]2(C)C3=CCC4C(C)(C)C(=O)CC[C@]4(C)C3=CC[C@]12C)C(=O)[O-]. The molecule has 0 radical (unpaired) electrons. The van der Waals surface area contributed by atoms with Crippen molar-refractivity contribution >= 4 is 11.8 Å². The Morgan fingerprint density at radius 3 is 2.49 bits per heavy atom. The molecule has 4 aliphatic rings. The van der Waals surface area contributed by atoms with E-state index in [2.05, 4.69) is 53.7 Å². The molecule has 2 N–H and O–H groups in total. The van der Waals surface area contributed by atoms with Crippen LogP contribution in [-0.2, 0) is 9.59 Å². The fourth-order valence-electron chi connectivity index (χ4n) is 8.72. The maximum absolute atomic E-state index is 12.8. The molecule has 1 unspecified atom stereocenters. The summed E-state index contributed by atoms with van der Waals surface area (Å²) in [6, 6.07) is 0. The van der Waals surface area contributed by atoms with Crippen LogP contribution in [0.5, 0.6) is 0 Å². The summed E-state index contributed by atoms with van der Waals surface area (Å²) in [5.41, 5.74) is 1.64. The molecule has 0 aliphatic heterocycles. The van der Waals surface area contributed by atoms with Gasteiger partial charge in [-0.2, -0.15) is 0 Å². The van der Waals surface area contributed by atoms with E-state index in [1.54, 1.807) is 0 Å². The van der Waals surface area contributed by atoms with Gasteiger partial charge < -0.3 is 20.1 Å². The van der Waals surface area contributed by atoms with Gasteiger partial charge in [0.2, 0.25) is 0 Å². The van der Waals surface area contributed by atoms with Crippen LogP contribution in [0, 0.1) is 39.4 Å². The lowest BCUT2D eigenvalue weighted by molar-refractivity contribution is -0.299. The molecule has 0 heterocycles. The second-order valence-corrected chi connectivity index (χ2v) is 13.2. The van der Waals surface area contributed by atoms with Gasteiger partial charge in [0.15, 0.2) is 0 Å². The number of rotatable bonds is 5. The van der Waals surface area contributed by atoms with Gasteiger partial charge in [0.25, 0.3) is 0 Å². The Balaban J connectivity index is 1.68. The van der Waals surface area contributed by atoms with Crippen LogP contribution < -0.4 is 5.11 Å². The summed E-state index contributed by atoms with van der Waals surface area (Å²) in [4.78, 5) is 23.9. The number of hydrogen-bond donors (Lipinski definition) is 2. The largest absolute Gasteiger partial charge is 0.545 e. The molecule has 8 atom stereocenters. The van der Waals surface area contributed by atoms with Crippen molar-refractivity contribution < 1.29 is 24.9 Å². The topological polar surface area (TPSA) is 97.7 Å². The molecule has 5 heteroatoms. The van der Waals surface area contributed by atoms with E-state index in [9.17, 15) is 24.9 Å². The lowest BCUT2D eigenvalue weighted by atomic mass is 9.44. The molecule has 0 saturated heterocycles. The Morgan fingerprint density at radius 2 is 1.86 bits per heavy atom. The Labute approximate surface area is 210 Å². The van der Waals surface area contributed by atoms with Crippen molar-refractivity contribution in [1.82, 2.24) is 0 Å². The summed E-state index contributed by atoms with van der Waals surface area (Å²) in [5, 5.41) is 33.2. The van der Waals surface area contributed by atoms with Crippen LogP contribution in [0.25, 0.3) is 0 Å². The second kappa shape index (κ2) is 8.41. The highest BCUT2D eigenvalue weighted by Gasteiger charge is 2.66. The average Bonchev–Trinajstić information content (AvgIpc) is 2.98. The number of aliphatic hydroxyl groups excluding tert-OH is 2. The van der Waals surface area contributed by atoms with Gasteiger partial charge in [-0.05, 0) is 84.3 Å². The first kappa shape index (κ1) is 26.3. The summed E-state index contributed by atoms with van der Waals surface area (Å²) >= 11 is 0. The Hall–Kier alpha value is -1.72. The fourth-order valence-corrected chi connectivity index (χ4v) is 8.72. The summed E-state index contributed by atoms with van der Waals surface area (Å²) in [7, 11) is 0. The lowest BCUT2D eigenvalue weighted by Gasteiger charge is -2.60. The van der Waals surface area contributed by atoms with E-state index >= 15 is 0 Å². The van der Waals surface area contributed by atoms with Gasteiger partial charge >= 0.3 is 0 Å². The molecule has 35 heavy (non-hydrogen) atoms. The highest BCUT2D eigenvalue weighted by atomic mass is 16.4. The summed E-state index contributed by atoms with van der Waals surface area (Å²) < 4.78 is 0. The van der Waals surface area contributed by atoms with Crippen LogP contribution in [0.3, 0.4) is 0 Å². The third-order valence-electron chi connectivity index (χ3n) is 11.2. The van der Waals surface area contributed by atoms with Gasteiger partial charge in [0.1, 0.15) is 5.78 Å². The summed E-state index contributed by atoms with van der Waals surface area (Å²) in [5.74, 6) is -0.350. The van der Waals surface area contributed by atoms with Crippen molar-refractivity contribution in [2.75, 3.05) is 0 Å². The molecule has 0 bridgehead atoms. The third kappa shape index (κ3) is 3.63. The maximum atomic E-state index is 12.8. The van der Waals surface area contributed by atoms with Crippen LogP contribution >= 0.6 is 0 Å². The zero-order valence-corrected chi connectivity index (χ0v) is 22.5. The Morgan fingerprint density at radius 1 is 1.20 bits per heavy atom. The zero-order valence-electron chi connectivity index (χ0n) is 22.5. The normalized spacial score (nSPS) is 42.3. The van der Waals surface area contributed by atoms with E-state index in [4.69, 9.17) is 0 Å². The van der Waals surface area contributed by atoms with Crippen LogP contribution in [0.4, 0.5) is 0 Å². The highest BCUT2D eigenvalue weighted by Crippen LogP contribution is 2.71. The molecular weight excluding hydrogens is 440 g/mol. The zero-order chi connectivity index (χ0) is 26.1. The number of ketones is 1. The fraction of sp³-hybridized carbons (Fsp3) is 0.733. The van der Waals surface area contributed by atoms with E-state index in [1.807, 2.05) is 0 Å². The molecule has 0 amide bonds. The number of carboxylic acid groups (broad SMARTS) is 1. The van der Waals surface area contributed by atoms with Gasteiger partial charge in [-0.3, -0.25) is 4.79 Å². The summed E-state index contributed by atoms with van der Waals surface area (Å²) in [6.45, 7) is 14.6. The molecule has 0 aromatic rings. The molecule has 2 fully saturated rings. The number of carboxylic acids is 1. The Kier molecular flexibility index (Phi) is 6.33. The maximum Gasteiger partial charge on any atom is 0.138 e. The van der Waals surface area contributed by atoms with E-state index in [1.165, 1.54) is 24.1 Å². The van der Waals surface area contributed by atoms with Crippen molar-refractivity contribution in [2.45, 2.75) is 99.2 Å². The number of aliphatic hydroxyl groups is 2. The van der Waals surface area contributed by atoms with Crippen molar-refractivity contribution in [3.63, 3.8) is 0 Å². The molecular formula is C30H43O5-. The van der Waals surface area contributed by atoms with E-state index in [0.29, 0.717) is 25.0 Å². The molecule has 4 rings (SSSR count). The van der Waals surface area contributed by atoms with Gasteiger partial charge in [0, 0.05) is 17.3 Å². The van der Waals surface area contributed by atoms with Crippen LogP contribution in [0.1, 0.15) is 87.0 Å². The van der Waals surface area contributed by atoms with Crippen molar-refractivity contribution in [3.05, 3.63) is 34.9 Å². The predicted molar refractivity (Wildman–Crippen MR) is 134 cm³/mol. The van der Waals surface area contributed by atoms with Crippen molar-refractivity contribution in [2.24, 2.45) is 39.4 Å². The molecule has 194 valence electrons. The standard InChI is InChI=1S/C30H44O5/c1-17(14-19(31)15-18(2)26(34)35)22-16-25(33)30(7)21-8-9-23-27(3,4)24(32)11-12-28(23,5)20(21)10-13-29(22,30)6/h8,10,15,17,19,22-23,25,31,33H,9,11-14,16H2,1-7H3,(H,34,35)/p-1/b18-15+/t17-,19+,22-,23?,25+,28-,29-,30-/m1/s1. The minimum absolute atomic E-state index is 0.0431. The van der Waals surface area contributed by atoms with Crippen molar-refractivity contribution in [3.8, 4) is 0 Å². The smallest absolute Gasteiger partial charge is 0.138 e. The number of Topliss-reactive ketones (excluding diaryl/α,β-unsaturated/α-hetero) is 1. The number of hydrogen-bond acceptors (Lipinski definition) is 5. The van der Waals surface area contributed by atoms with E-state index in [0.717, 1.165) is 19.3 Å². The Bertz CT molecular complexity index is 1020. The van der Waals surface area contributed by atoms with Crippen LogP contribution in [-0.4, -0.2) is 34.2 Å². The molecule has 0 aromatic heterocycles. The predicted octanol–water partition coefficient (Wildman–Crippen LogP) is 4.13. The second-order valence-electron chi connectivity index (χ2n) is 13.2. The summed E-state index contributed by atoms with van der Waals surface area (Å²) in [6.07, 6.45) is 9.02. The average molecular weight is 484 g/mol.